The van der Waals surface area contributed by atoms with E-state index in [4.69, 9.17) is 5.11 Å². The summed E-state index contributed by atoms with van der Waals surface area (Å²) in [6.45, 7) is 0. The summed E-state index contributed by atoms with van der Waals surface area (Å²) in [4.78, 5) is 22.6. The average molecular weight is 352 g/mol. The second-order valence-corrected chi connectivity index (χ2v) is 5.67. The Hall–Kier alpha value is -1.92. The van der Waals surface area contributed by atoms with Gasteiger partial charge >= 0.3 is 5.97 Å². The fourth-order valence-electron chi connectivity index (χ4n) is 1.47. The number of carboxylic acids is 1. The molecule has 0 unspecified atom stereocenters. The van der Waals surface area contributed by atoms with E-state index in [0.29, 0.717) is 5.00 Å². The molecule has 0 radical (unpaired) electrons. The Kier molecular flexibility index (Phi) is 4.70. The van der Waals surface area contributed by atoms with E-state index in [9.17, 15) is 9.59 Å². The molecule has 1 amide bonds. The zero-order valence-corrected chi connectivity index (χ0v) is 12.6. The van der Waals surface area contributed by atoms with Crippen LogP contribution in [0.2, 0.25) is 0 Å². The van der Waals surface area contributed by atoms with Crippen molar-refractivity contribution in [2.75, 3.05) is 5.32 Å². The van der Waals surface area contributed by atoms with Crippen molar-refractivity contribution in [2.24, 2.45) is 0 Å². The summed E-state index contributed by atoms with van der Waals surface area (Å²) in [5.41, 5.74) is 0.980. The molecule has 2 N–H and O–H groups in total. The first kappa shape index (κ1) is 14.5. The minimum absolute atomic E-state index is 0.0976. The molecule has 0 fully saturated rings. The molecule has 1 aromatic heterocycles. The smallest absolute Gasteiger partial charge is 0.338 e. The largest absolute Gasteiger partial charge is 0.478 e. The number of thiophene rings is 1. The Bertz CT molecular complexity index is 661. The molecule has 0 aliphatic rings. The quantitative estimate of drug-likeness (QED) is 0.821. The lowest BCUT2D eigenvalue weighted by Gasteiger charge is -2.00. The summed E-state index contributed by atoms with van der Waals surface area (Å²) in [7, 11) is 0. The number of rotatable bonds is 4. The molecule has 0 saturated heterocycles. The van der Waals surface area contributed by atoms with Crippen LogP contribution in [0.4, 0.5) is 5.00 Å². The van der Waals surface area contributed by atoms with Gasteiger partial charge in [-0.25, -0.2) is 4.79 Å². The first-order chi connectivity index (χ1) is 9.56. The van der Waals surface area contributed by atoms with E-state index < -0.39 is 5.97 Å². The molecular formula is C14H10BrNO3S. The predicted octanol–water partition coefficient (Wildman–Crippen LogP) is 3.86. The van der Waals surface area contributed by atoms with Crippen molar-refractivity contribution in [1.29, 1.82) is 0 Å². The Morgan fingerprint density at radius 1 is 1.20 bits per heavy atom. The molecule has 6 heteroatoms. The fraction of sp³-hybridized carbons (Fsp3) is 0. The molecule has 0 bridgehead atoms. The highest BCUT2D eigenvalue weighted by molar-refractivity contribution is 9.10. The van der Waals surface area contributed by atoms with E-state index in [2.05, 4.69) is 21.2 Å². The van der Waals surface area contributed by atoms with Crippen molar-refractivity contribution in [3.05, 3.63) is 57.4 Å². The van der Waals surface area contributed by atoms with Crippen molar-refractivity contribution in [3.8, 4) is 0 Å². The number of hydrogen-bond donors (Lipinski definition) is 2. The number of carbonyl (C=O) groups excluding carboxylic acids is 1. The van der Waals surface area contributed by atoms with Gasteiger partial charge in [-0.1, -0.05) is 28.1 Å². The van der Waals surface area contributed by atoms with Crippen molar-refractivity contribution in [3.63, 3.8) is 0 Å². The highest BCUT2D eigenvalue weighted by atomic mass is 79.9. The van der Waals surface area contributed by atoms with Crippen LogP contribution in [0, 0.1) is 0 Å². The van der Waals surface area contributed by atoms with E-state index in [1.165, 1.54) is 23.5 Å². The molecular weight excluding hydrogens is 342 g/mol. The zero-order chi connectivity index (χ0) is 14.5. The first-order valence-electron chi connectivity index (χ1n) is 5.61. The van der Waals surface area contributed by atoms with E-state index in [-0.39, 0.29) is 11.5 Å². The number of carbonyl (C=O) groups is 2. The van der Waals surface area contributed by atoms with Crippen molar-refractivity contribution in [2.45, 2.75) is 0 Å². The Morgan fingerprint density at radius 2 is 1.90 bits per heavy atom. The van der Waals surface area contributed by atoms with E-state index in [0.717, 1.165) is 10.0 Å². The summed E-state index contributed by atoms with van der Waals surface area (Å²) in [5, 5.41) is 13.4. The summed E-state index contributed by atoms with van der Waals surface area (Å²) in [6, 6.07) is 8.93. The molecule has 1 aromatic carbocycles. The van der Waals surface area contributed by atoms with Gasteiger partial charge in [0.05, 0.1) is 5.56 Å². The molecule has 1 heterocycles. The van der Waals surface area contributed by atoms with Crippen LogP contribution >= 0.6 is 27.3 Å². The van der Waals surface area contributed by atoms with E-state index in [1.54, 1.807) is 11.5 Å². The summed E-state index contributed by atoms with van der Waals surface area (Å²) < 4.78 is 0.962. The van der Waals surface area contributed by atoms with Gasteiger partial charge in [-0.2, -0.15) is 0 Å². The van der Waals surface area contributed by atoms with E-state index in [1.807, 2.05) is 24.3 Å². The molecule has 0 aliphatic carbocycles. The number of anilines is 1. The van der Waals surface area contributed by atoms with Crippen LogP contribution < -0.4 is 5.32 Å². The molecule has 20 heavy (non-hydrogen) atoms. The first-order valence-corrected chi connectivity index (χ1v) is 7.29. The normalized spacial score (nSPS) is 10.7. The second kappa shape index (κ2) is 6.49. The molecule has 0 aliphatic heterocycles. The molecule has 2 aromatic rings. The van der Waals surface area contributed by atoms with Crippen LogP contribution in [0.3, 0.4) is 0 Å². The van der Waals surface area contributed by atoms with Crippen LogP contribution in [-0.2, 0) is 4.79 Å². The minimum atomic E-state index is -1.06. The zero-order valence-electron chi connectivity index (χ0n) is 10.2. The molecule has 4 nitrogen and oxygen atoms in total. The molecule has 0 atom stereocenters. The van der Waals surface area contributed by atoms with Crippen LogP contribution in [0.25, 0.3) is 6.08 Å². The third kappa shape index (κ3) is 3.79. The average Bonchev–Trinajstić information content (AvgIpc) is 2.86. The van der Waals surface area contributed by atoms with Crippen LogP contribution in [0.1, 0.15) is 15.9 Å². The molecule has 2 rings (SSSR count). The number of benzene rings is 1. The second-order valence-electron chi connectivity index (χ2n) is 3.84. The summed E-state index contributed by atoms with van der Waals surface area (Å²) >= 11 is 4.51. The Balaban J connectivity index is 2.03. The SMILES string of the molecule is O=C(/C=C/c1ccc(Br)cc1)Nc1sccc1C(=O)O. The number of aromatic carboxylic acids is 1. The van der Waals surface area contributed by atoms with Gasteiger partial charge in [0.2, 0.25) is 5.91 Å². The topological polar surface area (TPSA) is 66.4 Å². The highest BCUT2D eigenvalue weighted by Gasteiger charge is 2.12. The van der Waals surface area contributed by atoms with Gasteiger partial charge in [-0.05, 0) is 35.2 Å². The van der Waals surface area contributed by atoms with Gasteiger partial charge in [-0.3, -0.25) is 4.79 Å². The lowest BCUT2D eigenvalue weighted by molar-refractivity contribution is -0.111. The fourth-order valence-corrected chi connectivity index (χ4v) is 2.52. The number of halogens is 1. The third-order valence-corrected chi connectivity index (χ3v) is 3.79. The van der Waals surface area contributed by atoms with Gasteiger partial charge in [0, 0.05) is 10.5 Å². The van der Waals surface area contributed by atoms with E-state index >= 15 is 0 Å². The maximum atomic E-state index is 11.7. The van der Waals surface area contributed by atoms with Gasteiger partial charge in [0.1, 0.15) is 5.00 Å². The molecule has 0 spiro atoms. The molecule has 102 valence electrons. The number of nitrogens with one attached hydrogen (secondary N) is 1. The van der Waals surface area contributed by atoms with Gasteiger partial charge in [-0.15, -0.1) is 11.3 Å². The maximum Gasteiger partial charge on any atom is 0.338 e. The predicted molar refractivity (Wildman–Crippen MR) is 83.1 cm³/mol. The van der Waals surface area contributed by atoms with Crippen LogP contribution in [0.15, 0.2) is 46.3 Å². The van der Waals surface area contributed by atoms with Crippen molar-refractivity contribution >= 4 is 50.2 Å². The number of amides is 1. The van der Waals surface area contributed by atoms with Gasteiger partial charge in [0.15, 0.2) is 0 Å². The standard InChI is InChI=1S/C14H10BrNO3S/c15-10-4-1-9(2-5-10)3-6-12(17)16-13-11(14(18)19)7-8-20-13/h1-8H,(H,16,17)(H,18,19)/b6-3+. The Labute approximate surface area is 127 Å². The molecule has 0 saturated carbocycles. The monoisotopic (exact) mass is 351 g/mol. The Morgan fingerprint density at radius 3 is 2.55 bits per heavy atom. The number of carboxylic acid groups (broad SMARTS) is 1. The number of hydrogen-bond acceptors (Lipinski definition) is 3. The summed E-state index contributed by atoms with van der Waals surface area (Å²) in [5.74, 6) is -1.42. The lowest BCUT2D eigenvalue weighted by Crippen LogP contribution is -2.09. The van der Waals surface area contributed by atoms with Gasteiger partial charge < -0.3 is 10.4 Å². The lowest BCUT2D eigenvalue weighted by atomic mass is 10.2. The van der Waals surface area contributed by atoms with Crippen molar-refractivity contribution in [1.82, 2.24) is 0 Å². The van der Waals surface area contributed by atoms with Crippen LogP contribution in [0.5, 0.6) is 0 Å². The summed E-state index contributed by atoms with van der Waals surface area (Å²) in [6.07, 6.45) is 3.03. The maximum absolute atomic E-state index is 11.7. The highest BCUT2D eigenvalue weighted by Crippen LogP contribution is 2.23. The van der Waals surface area contributed by atoms with Gasteiger partial charge in [0.25, 0.3) is 0 Å². The minimum Gasteiger partial charge on any atom is -0.478 e. The van der Waals surface area contributed by atoms with Crippen molar-refractivity contribution < 1.29 is 14.7 Å². The van der Waals surface area contributed by atoms with Crippen LogP contribution in [-0.4, -0.2) is 17.0 Å². The third-order valence-electron chi connectivity index (χ3n) is 2.43.